The van der Waals surface area contributed by atoms with Crippen molar-refractivity contribution in [3.63, 3.8) is 0 Å². The normalized spacial score (nSPS) is 10.5. The molecular formula is C18H17NO5. The molecule has 0 atom stereocenters. The van der Waals surface area contributed by atoms with Crippen LogP contribution >= 0.6 is 0 Å². The van der Waals surface area contributed by atoms with Gasteiger partial charge in [-0.15, -0.1) is 0 Å². The molecule has 0 saturated carbocycles. The maximum atomic E-state index is 11.9. The average molecular weight is 327 g/mol. The summed E-state index contributed by atoms with van der Waals surface area (Å²) in [6.45, 7) is 0.443. The Kier molecular flexibility index (Phi) is 4.96. The van der Waals surface area contributed by atoms with E-state index in [0.29, 0.717) is 17.0 Å². The SMILES string of the molecule is COc1ccc(OCCOC(=O)Cc2noc3ccccc23)cc1. The number of carbonyl (C=O) groups excluding carboxylic acids is 1. The van der Waals surface area contributed by atoms with Gasteiger partial charge >= 0.3 is 5.97 Å². The minimum atomic E-state index is -0.368. The highest BCUT2D eigenvalue weighted by Gasteiger charge is 2.12. The van der Waals surface area contributed by atoms with E-state index in [9.17, 15) is 4.79 Å². The Balaban J connectivity index is 1.44. The molecule has 0 aliphatic heterocycles. The number of hydrogen-bond donors (Lipinski definition) is 0. The lowest BCUT2D eigenvalue weighted by molar-refractivity contribution is -0.143. The second kappa shape index (κ2) is 7.50. The zero-order chi connectivity index (χ0) is 16.8. The van der Waals surface area contributed by atoms with Crippen molar-refractivity contribution < 1.29 is 23.5 Å². The third kappa shape index (κ3) is 3.84. The molecule has 0 aliphatic carbocycles. The monoisotopic (exact) mass is 327 g/mol. The average Bonchev–Trinajstić information content (AvgIpc) is 3.02. The predicted molar refractivity (Wildman–Crippen MR) is 87.2 cm³/mol. The van der Waals surface area contributed by atoms with Gasteiger partial charge in [0.1, 0.15) is 30.4 Å². The van der Waals surface area contributed by atoms with E-state index in [-0.39, 0.29) is 25.6 Å². The Morgan fingerprint density at radius 1 is 1.04 bits per heavy atom. The van der Waals surface area contributed by atoms with Gasteiger partial charge in [-0.25, -0.2) is 0 Å². The highest BCUT2D eigenvalue weighted by molar-refractivity contribution is 5.84. The molecule has 0 radical (unpaired) electrons. The number of esters is 1. The molecule has 3 rings (SSSR count). The largest absolute Gasteiger partial charge is 0.497 e. The van der Waals surface area contributed by atoms with Gasteiger partial charge in [0.15, 0.2) is 5.58 Å². The van der Waals surface area contributed by atoms with Gasteiger partial charge in [0, 0.05) is 5.39 Å². The quantitative estimate of drug-likeness (QED) is 0.491. The molecule has 0 N–H and O–H groups in total. The number of carbonyl (C=O) groups is 1. The van der Waals surface area contributed by atoms with E-state index in [0.717, 1.165) is 11.1 Å². The van der Waals surface area contributed by atoms with Crippen molar-refractivity contribution in [1.29, 1.82) is 0 Å². The molecule has 0 unspecified atom stereocenters. The third-order valence-corrected chi connectivity index (χ3v) is 3.44. The first-order valence-corrected chi connectivity index (χ1v) is 7.52. The Morgan fingerprint density at radius 3 is 2.58 bits per heavy atom. The second-order valence-electron chi connectivity index (χ2n) is 5.05. The number of rotatable bonds is 7. The van der Waals surface area contributed by atoms with Gasteiger partial charge in [-0.3, -0.25) is 4.79 Å². The topological polar surface area (TPSA) is 70.8 Å². The first-order valence-electron chi connectivity index (χ1n) is 7.52. The van der Waals surface area contributed by atoms with Crippen LogP contribution in [0.3, 0.4) is 0 Å². The summed E-state index contributed by atoms with van der Waals surface area (Å²) in [6, 6.07) is 14.6. The Hall–Kier alpha value is -3.02. The number of methoxy groups -OCH3 is 1. The standard InChI is InChI=1S/C18H17NO5/c1-21-13-6-8-14(9-7-13)22-10-11-23-18(20)12-16-15-4-2-3-5-17(15)24-19-16/h2-9H,10-12H2,1H3. The van der Waals surface area contributed by atoms with E-state index in [1.54, 1.807) is 37.4 Å². The molecule has 0 bridgehead atoms. The summed E-state index contributed by atoms with van der Waals surface area (Å²) in [5, 5.41) is 4.73. The van der Waals surface area contributed by atoms with Crippen molar-refractivity contribution in [2.75, 3.05) is 20.3 Å². The molecule has 1 heterocycles. The smallest absolute Gasteiger partial charge is 0.312 e. The predicted octanol–water partition coefficient (Wildman–Crippen LogP) is 3.00. The molecule has 0 amide bonds. The van der Waals surface area contributed by atoms with E-state index >= 15 is 0 Å². The minimum absolute atomic E-state index is 0.0690. The van der Waals surface area contributed by atoms with Gasteiger partial charge in [-0.2, -0.15) is 0 Å². The summed E-state index contributed by atoms with van der Waals surface area (Å²) in [6.07, 6.45) is 0.0690. The van der Waals surface area contributed by atoms with Crippen LogP contribution in [-0.2, 0) is 16.0 Å². The van der Waals surface area contributed by atoms with Crippen LogP contribution < -0.4 is 9.47 Å². The van der Waals surface area contributed by atoms with Crippen LogP contribution in [0.15, 0.2) is 53.1 Å². The molecule has 1 aromatic heterocycles. The van der Waals surface area contributed by atoms with Crippen LogP contribution in [0.1, 0.15) is 5.69 Å². The summed E-state index contributed by atoms with van der Waals surface area (Å²) in [7, 11) is 1.60. The first kappa shape index (κ1) is 15.9. The number of hydrogen-bond acceptors (Lipinski definition) is 6. The van der Waals surface area contributed by atoms with Crippen molar-refractivity contribution >= 4 is 16.9 Å². The van der Waals surface area contributed by atoms with Crippen molar-refractivity contribution in [2.24, 2.45) is 0 Å². The number of para-hydroxylation sites is 1. The molecule has 6 nitrogen and oxygen atoms in total. The van der Waals surface area contributed by atoms with E-state index in [4.69, 9.17) is 18.7 Å². The molecule has 3 aromatic rings. The minimum Gasteiger partial charge on any atom is -0.497 e. The summed E-state index contributed by atoms with van der Waals surface area (Å²) in [5.74, 6) is 1.08. The molecular weight excluding hydrogens is 310 g/mol. The fraction of sp³-hybridized carbons (Fsp3) is 0.222. The van der Waals surface area contributed by atoms with Crippen LogP contribution in [0.5, 0.6) is 11.5 Å². The molecule has 2 aromatic carbocycles. The second-order valence-corrected chi connectivity index (χ2v) is 5.05. The van der Waals surface area contributed by atoms with E-state index < -0.39 is 0 Å². The van der Waals surface area contributed by atoms with E-state index in [1.807, 2.05) is 18.2 Å². The molecule has 124 valence electrons. The fourth-order valence-corrected chi connectivity index (χ4v) is 2.24. The van der Waals surface area contributed by atoms with Crippen molar-refractivity contribution in [3.05, 3.63) is 54.2 Å². The highest BCUT2D eigenvalue weighted by Crippen LogP contribution is 2.19. The van der Waals surface area contributed by atoms with Gasteiger partial charge in [0.25, 0.3) is 0 Å². The summed E-state index contributed by atoms with van der Waals surface area (Å²) < 4.78 is 20.9. The molecule has 0 fully saturated rings. The van der Waals surface area contributed by atoms with E-state index in [2.05, 4.69) is 5.16 Å². The van der Waals surface area contributed by atoms with Crippen molar-refractivity contribution in [1.82, 2.24) is 5.16 Å². The fourth-order valence-electron chi connectivity index (χ4n) is 2.24. The number of benzene rings is 2. The highest BCUT2D eigenvalue weighted by atomic mass is 16.6. The lowest BCUT2D eigenvalue weighted by atomic mass is 10.2. The zero-order valence-electron chi connectivity index (χ0n) is 13.2. The zero-order valence-corrected chi connectivity index (χ0v) is 13.2. The Labute approximate surface area is 138 Å². The maximum absolute atomic E-state index is 11.9. The summed E-state index contributed by atoms with van der Waals surface area (Å²) in [5.41, 5.74) is 1.23. The first-order chi connectivity index (χ1) is 11.8. The number of aromatic nitrogens is 1. The van der Waals surface area contributed by atoms with Crippen molar-refractivity contribution in [2.45, 2.75) is 6.42 Å². The van der Waals surface area contributed by atoms with Gasteiger partial charge in [0.05, 0.1) is 13.5 Å². The molecule has 0 aliphatic rings. The third-order valence-electron chi connectivity index (χ3n) is 3.44. The Morgan fingerprint density at radius 2 is 1.79 bits per heavy atom. The van der Waals surface area contributed by atoms with Gasteiger partial charge in [0.2, 0.25) is 0 Å². The number of ether oxygens (including phenoxy) is 3. The van der Waals surface area contributed by atoms with Gasteiger partial charge in [-0.1, -0.05) is 17.3 Å². The van der Waals surface area contributed by atoms with Crippen LogP contribution in [0.4, 0.5) is 0 Å². The summed E-state index contributed by atoms with van der Waals surface area (Å²) >= 11 is 0. The molecule has 0 spiro atoms. The lowest BCUT2D eigenvalue weighted by Crippen LogP contribution is -2.14. The van der Waals surface area contributed by atoms with Gasteiger partial charge in [-0.05, 0) is 36.4 Å². The van der Waals surface area contributed by atoms with Gasteiger partial charge < -0.3 is 18.7 Å². The van der Waals surface area contributed by atoms with Crippen LogP contribution in [0, 0.1) is 0 Å². The number of fused-ring (bicyclic) bond motifs is 1. The van der Waals surface area contributed by atoms with Crippen LogP contribution in [0.25, 0.3) is 11.0 Å². The number of nitrogens with zero attached hydrogens (tertiary/aromatic N) is 1. The van der Waals surface area contributed by atoms with Crippen LogP contribution in [0.2, 0.25) is 0 Å². The Bertz CT molecular complexity index is 810. The van der Waals surface area contributed by atoms with Crippen LogP contribution in [-0.4, -0.2) is 31.4 Å². The maximum Gasteiger partial charge on any atom is 0.312 e. The summed E-state index contributed by atoms with van der Waals surface area (Å²) in [4.78, 5) is 11.9. The molecule has 6 heteroatoms. The van der Waals surface area contributed by atoms with Crippen molar-refractivity contribution in [3.8, 4) is 11.5 Å². The molecule has 24 heavy (non-hydrogen) atoms. The molecule has 0 saturated heterocycles. The van der Waals surface area contributed by atoms with E-state index in [1.165, 1.54) is 0 Å². The lowest BCUT2D eigenvalue weighted by Gasteiger charge is -2.07.